The standard InChI is InChI=1S/C80H156O17P2/c1-7-11-13-15-17-19-21-23-24-25-26-27-28-29-30-31-33-35-37-46-52-58-64-79(84)96-75(68-90-77(82)62-56-50-44-36-34-32-22-20-18-16-14-12-8-2)70-94-98(86,87)92-66-74(81)67-93-99(88,89)95-71-76(97-80(85)65-59-53-47-41-39-43-49-55-61-73(6)10-4)69-91-78(83)63-57-51-45-40-38-42-48-54-60-72(5)9-3/h72-76,81H,7-71H2,1-6H3,(H,86,87)(H,88,89)/t72?,73?,74-,75-,76-/m1/s1. The molecular weight excluding hydrogens is 1290 g/mol. The largest absolute Gasteiger partial charge is 0.472 e. The zero-order chi connectivity index (χ0) is 72.8. The molecule has 0 rings (SSSR count). The van der Waals surface area contributed by atoms with Gasteiger partial charge in [0.25, 0.3) is 0 Å². The average Bonchev–Trinajstić information content (AvgIpc) is 1.33. The predicted molar refractivity (Wildman–Crippen MR) is 405 cm³/mol. The summed E-state index contributed by atoms with van der Waals surface area (Å²) in [6, 6.07) is 0. The minimum atomic E-state index is -4.96. The molecular formula is C80H156O17P2. The number of ether oxygens (including phenoxy) is 4. The van der Waals surface area contributed by atoms with Gasteiger partial charge in [0.05, 0.1) is 26.4 Å². The van der Waals surface area contributed by atoms with Gasteiger partial charge in [0, 0.05) is 25.7 Å². The van der Waals surface area contributed by atoms with Crippen molar-refractivity contribution in [1.82, 2.24) is 0 Å². The number of carbonyl (C=O) groups excluding carboxylic acids is 4. The monoisotopic (exact) mass is 1450 g/mol. The number of aliphatic hydroxyl groups is 1. The Morgan fingerprint density at radius 3 is 0.717 bits per heavy atom. The molecule has 0 aromatic rings. The van der Waals surface area contributed by atoms with Crippen molar-refractivity contribution in [1.29, 1.82) is 0 Å². The summed E-state index contributed by atoms with van der Waals surface area (Å²) in [4.78, 5) is 73.0. The van der Waals surface area contributed by atoms with Gasteiger partial charge in [-0.3, -0.25) is 37.3 Å². The molecule has 0 bridgehead atoms. The molecule has 0 saturated heterocycles. The molecule has 0 aliphatic rings. The number of hydrogen-bond donors (Lipinski definition) is 3. The molecule has 0 radical (unpaired) electrons. The van der Waals surface area contributed by atoms with Crippen molar-refractivity contribution in [3.05, 3.63) is 0 Å². The molecule has 19 heteroatoms. The van der Waals surface area contributed by atoms with E-state index in [-0.39, 0.29) is 25.7 Å². The molecule has 3 N–H and O–H groups in total. The lowest BCUT2D eigenvalue weighted by Crippen LogP contribution is -2.30. The maximum atomic E-state index is 13.1. The Morgan fingerprint density at radius 1 is 0.283 bits per heavy atom. The first kappa shape index (κ1) is 97.1. The van der Waals surface area contributed by atoms with Crippen molar-refractivity contribution in [2.75, 3.05) is 39.6 Å². The van der Waals surface area contributed by atoms with Crippen LogP contribution in [0.3, 0.4) is 0 Å². The van der Waals surface area contributed by atoms with Gasteiger partial charge >= 0.3 is 39.5 Å². The highest BCUT2D eigenvalue weighted by Gasteiger charge is 2.30. The number of rotatable bonds is 79. The number of unbranched alkanes of at least 4 members (excludes halogenated alkanes) is 47. The van der Waals surface area contributed by atoms with Crippen LogP contribution in [0.2, 0.25) is 0 Å². The number of phosphoric ester groups is 2. The quantitative estimate of drug-likeness (QED) is 0.0222. The van der Waals surface area contributed by atoms with Crippen molar-refractivity contribution in [2.24, 2.45) is 11.8 Å². The van der Waals surface area contributed by atoms with Crippen LogP contribution < -0.4 is 0 Å². The topological polar surface area (TPSA) is 237 Å². The van der Waals surface area contributed by atoms with Gasteiger partial charge in [-0.05, 0) is 37.5 Å². The summed E-state index contributed by atoms with van der Waals surface area (Å²) in [7, 11) is -9.92. The van der Waals surface area contributed by atoms with E-state index in [0.29, 0.717) is 25.7 Å². The maximum Gasteiger partial charge on any atom is 0.472 e. The Kier molecular flexibility index (Phi) is 70.3. The third-order valence-electron chi connectivity index (χ3n) is 19.4. The fraction of sp³-hybridized carbons (Fsp3) is 0.950. The van der Waals surface area contributed by atoms with Crippen molar-refractivity contribution in [3.8, 4) is 0 Å². The Hall–Kier alpha value is -1.94. The molecule has 4 unspecified atom stereocenters. The Bertz CT molecular complexity index is 1910. The Morgan fingerprint density at radius 2 is 0.485 bits per heavy atom. The third kappa shape index (κ3) is 71.5. The second kappa shape index (κ2) is 71.7. The van der Waals surface area contributed by atoms with E-state index >= 15 is 0 Å². The molecule has 7 atom stereocenters. The lowest BCUT2D eigenvalue weighted by Gasteiger charge is -2.21. The first-order valence-electron chi connectivity index (χ1n) is 41.6. The SMILES string of the molecule is CCCCCCCCCCCCCCCCCCCCCCCCC(=O)O[C@H](COC(=O)CCCCCCCCCCCCCCC)COP(=O)(O)OC[C@@H](O)COP(=O)(O)OC[C@@H](COC(=O)CCCCCCCCCCC(C)CC)OC(=O)CCCCCCCCCCC(C)CC. The highest BCUT2D eigenvalue weighted by atomic mass is 31.2. The molecule has 0 aliphatic heterocycles. The van der Waals surface area contributed by atoms with Gasteiger partial charge in [0.15, 0.2) is 12.2 Å². The normalized spacial score (nSPS) is 14.5. The van der Waals surface area contributed by atoms with E-state index < -0.39 is 97.5 Å². The van der Waals surface area contributed by atoms with E-state index in [0.717, 1.165) is 102 Å². The number of aliphatic hydroxyl groups excluding tert-OH is 1. The predicted octanol–water partition coefficient (Wildman–Crippen LogP) is 23.9. The fourth-order valence-corrected chi connectivity index (χ4v) is 13.9. The summed E-state index contributed by atoms with van der Waals surface area (Å²) in [5.74, 6) is -0.566. The second-order valence-corrected chi connectivity index (χ2v) is 32.2. The van der Waals surface area contributed by atoms with E-state index in [1.807, 2.05) is 0 Å². The molecule has 0 aromatic carbocycles. The number of hydrogen-bond acceptors (Lipinski definition) is 15. The van der Waals surface area contributed by atoms with Crippen LogP contribution in [0.15, 0.2) is 0 Å². The third-order valence-corrected chi connectivity index (χ3v) is 21.3. The summed E-state index contributed by atoms with van der Waals surface area (Å²) in [5, 5.41) is 10.6. The number of phosphoric acid groups is 2. The zero-order valence-corrected chi connectivity index (χ0v) is 66.6. The zero-order valence-electron chi connectivity index (χ0n) is 64.8. The van der Waals surface area contributed by atoms with Gasteiger partial charge < -0.3 is 33.8 Å². The first-order chi connectivity index (χ1) is 47.9. The van der Waals surface area contributed by atoms with Crippen LogP contribution in [0.4, 0.5) is 0 Å². The maximum absolute atomic E-state index is 13.1. The highest BCUT2D eigenvalue weighted by Crippen LogP contribution is 2.45. The molecule has 0 aliphatic carbocycles. The van der Waals surface area contributed by atoms with Gasteiger partial charge in [0.2, 0.25) is 0 Å². The van der Waals surface area contributed by atoms with Crippen molar-refractivity contribution in [2.45, 2.75) is 439 Å². The molecule has 0 fully saturated rings. The van der Waals surface area contributed by atoms with Crippen molar-refractivity contribution in [3.63, 3.8) is 0 Å². The van der Waals surface area contributed by atoms with Gasteiger partial charge in [-0.25, -0.2) is 9.13 Å². The van der Waals surface area contributed by atoms with Crippen LogP contribution in [0.1, 0.15) is 420 Å². The van der Waals surface area contributed by atoms with E-state index in [9.17, 15) is 43.2 Å². The van der Waals surface area contributed by atoms with Crippen LogP contribution in [-0.4, -0.2) is 96.7 Å². The number of esters is 4. The molecule has 99 heavy (non-hydrogen) atoms. The van der Waals surface area contributed by atoms with Crippen LogP contribution in [0, 0.1) is 11.8 Å². The van der Waals surface area contributed by atoms with Gasteiger partial charge in [-0.1, -0.05) is 369 Å². The molecule has 0 heterocycles. The molecule has 0 amide bonds. The van der Waals surface area contributed by atoms with Crippen LogP contribution >= 0.6 is 15.6 Å². The summed E-state index contributed by atoms with van der Waals surface area (Å²) in [6.07, 6.45) is 61.1. The van der Waals surface area contributed by atoms with Gasteiger partial charge in [-0.15, -0.1) is 0 Å². The Labute approximate surface area is 607 Å². The average molecular weight is 1450 g/mol. The summed E-state index contributed by atoms with van der Waals surface area (Å²) in [6.45, 7) is 9.62. The van der Waals surface area contributed by atoms with Crippen LogP contribution in [0.5, 0.6) is 0 Å². The summed E-state index contributed by atoms with van der Waals surface area (Å²) >= 11 is 0. The van der Waals surface area contributed by atoms with E-state index in [1.165, 1.54) is 238 Å². The minimum absolute atomic E-state index is 0.105. The smallest absolute Gasteiger partial charge is 0.462 e. The van der Waals surface area contributed by atoms with Crippen molar-refractivity contribution < 1.29 is 80.2 Å². The molecule has 0 spiro atoms. The lowest BCUT2D eigenvalue weighted by atomic mass is 9.99. The van der Waals surface area contributed by atoms with Crippen LogP contribution in [0.25, 0.3) is 0 Å². The Balaban J connectivity index is 5.21. The minimum Gasteiger partial charge on any atom is -0.462 e. The van der Waals surface area contributed by atoms with E-state index in [2.05, 4.69) is 41.5 Å². The first-order valence-corrected chi connectivity index (χ1v) is 44.6. The summed E-state index contributed by atoms with van der Waals surface area (Å²) < 4.78 is 68.7. The van der Waals surface area contributed by atoms with Gasteiger partial charge in [-0.2, -0.15) is 0 Å². The van der Waals surface area contributed by atoms with Crippen LogP contribution in [-0.2, 0) is 65.4 Å². The van der Waals surface area contributed by atoms with Gasteiger partial charge in [0.1, 0.15) is 19.3 Å². The van der Waals surface area contributed by atoms with E-state index in [1.54, 1.807) is 0 Å². The lowest BCUT2D eigenvalue weighted by molar-refractivity contribution is -0.161. The summed E-state index contributed by atoms with van der Waals surface area (Å²) in [5.41, 5.74) is 0. The van der Waals surface area contributed by atoms with E-state index in [4.69, 9.17) is 37.0 Å². The number of carbonyl (C=O) groups is 4. The molecule has 0 saturated carbocycles. The molecule has 0 aromatic heterocycles. The molecule has 17 nitrogen and oxygen atoms in total. The highest BCUT2D eigenvalue weighted by molar-refractivity contribution is 7.47. The second-order valence-electron chi connectivity index (χ2n) is 29.3. The van der Waals surface area contributed by atoms with Crippen molar-refractivity contribution >= 4 is 39.5 Å². The fourth-order valence-electron chi connectivity index (χ4n) is 12.3. The molecule has 588 valence electrons.